The highest BCUT2D eigenvalue weighted by molar-refractivity contribution is 5.97. The molecule has 13 heteroatoms. The van der Waals surface area contributed by atoms with Crippen LogP contribution < -0.4 is 10.9 Å². The molecule has 3 aromatic heterocycles. The van der Waals surface area contributed by atoms with Gasteiger partial charge in [0.1, 0.15) is 35.3 Å². The van der Waals surface area contributed by atoms with E-state index in [9.17, 15) is 18.8 Å². The maximum atomic E-state index is 13.6. The van der Waals surface area contributed by atoms with Gasteiger partial charge >= 0.3 is 6.09 Å². The van der Waals surface area contributed by atoms with Crippen LogP contribution in [0.1, 0.15) is 75.1 Å². The number of anilines is 1. The first-order chi connectivity index (χ1) is 19.9. The Hall–Kier alpha value is -4.00. The fourth-order valence-electron chi connectivity index (χ4n) is 5.36. The molecule has 3 aromatic rings. The number of likely N-dealkylation sites (tertiary alicyclic amines) is 1. The maximum absolute atomic E-state index is 13.6. The molecule has 5 rings (SSSR count). The van der Waals surface area contributed by atoms with Crippen LogP contribution in [0.3, 0.4) is 0 Å². The van der Waals surface area contributed by atoms with Crippen LogP contribution in [0.25, 0.3) is 5.65 Å². The molecule has 2 aliphatic rings. The lowest BCUT2D eigenvalue weighted by molar-refractivity contribution is 0.0204. The van der Waals surface area contributed by atoms with Crippen LogP contribution in [-0.2, 0) is 22.6 Å². The average Bonchev–Trinajstić information content (AvgIpc) is 3.53. The van der Waals surface area contributed by atoms with Crippen molar-refractivity contribution in [3.63, 3.8) is 0 Å². The van der Waals surface area contributed by atoms with E-state index in [1.54, 1.807) is 9.80 Å². The number of pyridine rings is 1. The zero-order valence-corrected chi connectivity index (χ0v) is 24.7. The molecule has 0 bridgehead atoms. The Morgan fingerprint density at radius 1 is 1.19 bits per heavy atom. The van der Waals surface area contributed by atoms with Crippen molar-refractivity contribution >= 4 is 23.5 Å². The van der Waals surface area contributed by atoms with Gasteiger partial charge in [-0.25, -0.2) is 14.2 Å². The van der Waals surface area contributed by atoms with Gasteiger partial charge in [0.05, 0.1) is 30.6 Å². The third-order valence-corrected chi connectivity index (χ3v) is 7.51. The Labute approximate surface area is 243 Å². The number of carbonyl (C=O) groups excluding carboxylic acids is 2. The van der Waals surface area contributed by atoms with Crippen LogP contribution in [0.2, 0.25) is 0 Å². The molecule has 0 spiro atoms. The second-order valence-corrected chi connectivity index (χ2v) is 12.0. The van der Waals surface area contributed by atoms with Crippen LogP contribution in [0.4, 0.5) is 15.0 Å². The minimum Gasteiger partial charge on any atom is -0.444 e. The number of nitrogens with one attached hydrogen (secondary N) is 1. The molecule has 2 aliphatic heterocycles. The number of hydrogen-bond acceptors (Lipinski definition) is 8. The largest absolute Gasteiger partial charge is 0.444 e. The van der Waals surface area contributed by atoms with Gasteiger partial charge in [-0.3, -0.25) is 9.59 Å². The lowest BCUT2D eigenvalue weighted by Crippen LogP contribution is -2.41. The van der Waals surface area contributed by atoms with Gasteiger partial charge < -0.3 is 29.2 Å². The summed E-state index contributed by atoms with van der Waals surface area (Å²) in [6.45, 7) is 11.3. The average molecular weight is 584 g/mol. The van der Waals surface area contributed by atoms with E-state index in [0.717, 1.165) is 11.9 Å². The molecule has 12 nitrogen and oxygen atoms in total. The zero-order valence-electron chi connectivity index (χ0n) is 24.7. The summed E-state index contributed by atoms with van der Waals surface area (Å²) in [7, 11) is 0. The first kappa shape index (κ1) is 29.5. The molecule has 1 fully saturated rings. The van der Waals surface area contributed by atoms with Gasteiger partial charge in [0, 0.05) is 37.7 Å². The van der Waals surface area contributed by atoms with Crippen LogP contribution in [0.15, 0.2) is 29.2 Å². The van der Waals surface area contributed by atoms with Gasteiger partial charge in [0.25, 0.3) is 11.5 Å². The molecule has 2 amide bonds. The molecule has 42 heavy (non-hydrogen) atoms. The summed E-state index contributed by atoms with van der Waals surface area (Å²) < 4.78 is 27.6. The summed E-state index contributed by atoms with van der Waals surface area (Å²) in [4.78, 5) is 46.9. The van der Waals surface area contributed by atoms with Crippen molar-refractivity contribution in [2.75, 3.05) is 31.7 Å². The van der Waals surface area contributed by atoms with Crippen molar-refractivity contribution in [1.29, 1.82) is 0 Å². The minimum atomic E-state index is -0.561. The van der Waals surface area contributed by atoms with Crippen LogP contribution >= 0.6 is 0 Å². The van der Waals surface area contributed by atoms with Crippen LogP contribution in [-0.4, -0.2) is 79.0 Å². The SMILES string of the molecule is CC(C)N1Cc2c(n(CCOCNc3ccc(F)cn3)c3cc(C4CCN(C(=O)OC(C)(C)C)CC4)nn3c2=O)C1=O. The van der Waals surface area contributed by atoms with E-state index in [1.165, 1.54) is 16.6 Å². The number of amides is 2. The number of hydrogen-bond donors (Lipinski definition) is 1. The summed E-state index contributed by atoms with van der Waals surface area (Å²) in [5.74, 6) is -0.0881. The van der Waals surface area contributed by atoms with Crippen molar-refractivity contribution in [2.45, 2.75) is 78.1 Å². The van der Waals surface area contributed by atoms with Gasteiger partial charge in [-0.15, -0.1) is 0 Å². The van der Waals surface area contributed by atoms with Crippen molar-refractivity contribution in [1.82, 2.24) is 29.0 Å². The summed E-state index contributed by atoms with van der Waals surface area (Å²) in [6, 6.07) is 4.63. The zero-order chi connectivity index (χ0) is 30.2. The lowest BCUT2D eigenvalue weighted by atomic mass is 9.94. The number of carbonyl (C=O) groups is 2. The molecule has 0 atom stereocenters. The summed E-state index contributed by atoms with van der Waals surface area (Å²) >= 11 is 0. The van der Waals surface area contributed by atoms with Crippen molar-refractivity contribution < 1.29 is 23.5 Å². The van der Waals surface area contributed by atoms with E-state index in [1.807, 2.05) is 45.3 Å². The van der Waals surface area contributed by atoms with Crippen LogP contribution in [0, 0.1) is 5.82 Å². The minimum absolute atomic E-state index is 0.0535. The third-order valence-electron chi connectivity index (χ3n) is 7.51. The molecular weight excluding hydrogens is 545 g/mol. The number of halogens is 1. The topological polar surface area (TPSA) is 123 Å². The standard InChI is InChI=1S/C29H38FN7O5/c1-18(2)36-16-21-25(27(36)39)35(12-13-41-17-32-23-7-6-20(30)15-31-23)24-14-22(33-37(24)26(21)38)19-8-10-34(11-9-19)28(40)42-29(3,4)5/h6-7,14-15,18-19H,8-13,16-17H2,1-5H3,(H,31,32). The molecular formula is C29H38FN7O5. The smallest absolute Gasteiger partial charge is 0.410 e. The first-order valence-electron chi connectivity index (χ1n) is 14.3. The van der Waals surface area contributed by atoms with Crippen molar-refractivity contribution in [3.8, 4) is 0 Å². The van der Waals surface area contributed by atoms with Crippen LogP contribution in [0.5, 0.6) is 0 Å². The fraction of sp³-hybridized carbons (Fsp3) is 0.552. The molecule has 1 N–H and O–H groups in total. The third kappa shape index (κ3) is 6.10. The normalized spacial score (nSPS) is 16.0. The van der Waals surface area contributed by atoms with E-state index < -0.39 is 11.4 Å². The Balaban J connectivity index is 1.36. The number of fused-ring (bicyclic) bond motifs is 2. The maximum Gasteiger partial charge on any atom is 0.410 e. The van der Waals surface area contributed by atoms with Gasteiger partial charge in [-0.05, 0) is 59.6 Å². The van der Waals surface area contributed by atoms with E-state index in [4.69, 9.17) is 14.6 Å². The van der Waals surface area contributed by atoms with Crippen molar-refractivity contribution in [2.24, 2.45) is 0 Å². The number of nitrogens with zero attached hydrogens (tertiary/aromatic N) is 6. The molecule has 5 heterocycles. The number of ether oxygens (including phenoxy) is 2. The Bertz CT molecular complexity index is 1520. The summed E-state index contributed by atoms with van der Waals surface area (Å²) in [5.41, 5.74) is 1.21. The predicted molar refractivity (Wildman–Crippen MR) is 153 cm³/mol. The Kier molecular flexibility index (Phi) is 8.22. The van der Waals surface area contributed by atoms with E-state index in [0.29, 0.717) is 55.2 Å². The molecule has 0 saturated carbocycles. The van der Waals surface area contributed by atoms with E-state index in [2.05, 4.69) is 10.3 Å². The first-order valence-corrected chi connectivity index (χ1v) is 14.3. The van der Waals surface area contributed by atoms with Crippen molar-refractivity contribution in [3.05, 3.63) is 57.5 Å². The Morgan fingerprint density at radius 3 is 2.57 bits per heavy atom. The lowest BCUT2D eigenvalue weighted by Gasteiger charge is -2.32. The fourth-order valence-corrected chi connectivity index (χ4v) is 5.36. The highest BCUT2D eigenvalue weighted by Crippen LogP contribution is 2.30. The monoisotopic (exact) mass is 583 g/mol. The summed E-state index contributed by atoms with van der Waals surface area (Å²) in [5, 5.41) is 7.69. The van der Waals surface area contributed by atoms with Gasteiger partial charge in [0.2, 0.25) is 0 Å². The van der Waals surface area contributed by atoms with Gasteiger partial charge in [-0.1, -0.05) is 0 Å². The summed E-state index contributed by atoms with van der Waals surface area (Å²) in [6.07, 6.45) is 2.16. The van der Waals surface area contributed by atoms with Gasteiger partial charge in [0.15, 0.2) is 0 Å². The highest BCUT2D eigenvalue weighted by Gasteiger charge is 2.36. The molecule has 0 unspecified atom stereocenters. The van der Waals surface area contributed by atoms with E-state index >= 15 is 0 Å². The predicted octanol–water partition coefficient (Wildman–Crippen LogP) is 3.60. The highest BCUT2D eigenvalue weighted by atomic mass is 19.1. The van der Waals surface area contributed by atoms with Gasteiger partial charge in [-0.2, -0.15) is 9.61 Å². The van der Waals surface area contributed by atoms with E-state index in [-0.39, 0.29) is 49.4 Å². The quantitative estimate of drug-likeness (QED) is 0.315. The second kappa shape index (κ2) is 11.7. The molecule has 226 valence electrons. The second-order valence-electron chi connectivity index (χ2n) is 12.0. The number of piperidine rings is 1. The molecule has 0 aliphatic carbocycles. The molecule has 1 saturated heterocycles. The molecule has 0 radical (unpaired) electrons. The Morgan fingerprint density at radius 2 is 1.93 bits per heavy atom. The number of rotatable bonds is 8. The number of aromatic nitrogens is 4. The molecule has 0 aromatic carbocycles.